The lowest BCUT2D eigenvalue weighted by Crippen LogP contribution is -2.25. The summed E-state index contributed by atoms with van der Waals surface area (Å²) in [6, 6.07) is 0. The Morgan fingerprint density at radius 3 is 1.84 bits per heavy atom. The summed E-state index contributed by atoms with van der Waals surface area (Å²) in [5, 5.41) is 9.92. The molecule has 0 saturated carbocycles. The smallest absolute Gasteiger partial charge is 0.307 e. The SMILES string of the molecule is CCCCCCC(O)CCCCCCCCCCC(=O)OC(N)CC. The molecule has 0 spiro atoms. The van der Waals surface area contributed by atoms with Gasteiger partial charge in [0.1, 0.15) is 0 Å². The molecule has 0 aliphatic rings. The lowest BCUT2D eigenvalue weighted by molar-refractivity contribution is -0.149. The molecular weight excluding hydrogens is 314 g/mol. The number of aliphatic hydroxyl groups is 1. The van der Waals surface area contributed by atoms with Gasteiger partial charge in [0, 0.05) is 6.42 Å². The van der Waals surface area contributed by atoms with Gasteiger partial charge >= 0.3 is 5.97 Å². The Kier molecular flexibility index (Phi) is 17.7. The van der Waals surface area contributed by atoms with Gasteiger partial charge < -0.3 is 9.84 Å². The summed E-state index contributed by atoms with van der Waals surface area (Å²) in [6.45, 7) is 4.13. The van der Waals surface area contributed by atoms with Crippen LogP contribution in [0.1, 0.15) is 117 Å². The van der Waals surface area contributed by atoms with Crippen molar-refractivity contribution in [1.82, 2.24) is 0 Å². The Labute approximate surface area is 155 Å². The first-order chi connectivity index (χ1) is 12.1. The molecule has 0 bridgehead atoms. The van der Waals surface area contributed by atoms with Crippen molar-refractivity contribution in [2.75, 3.05) is 0 Å². The molecule has 0 fully saturated rings. The van der Waals surface area contributed by atoms with Crippen LogP contribution in [0.15, 0.2) is 0 Å². The monoisotopic (exact) mass is 357 g/mol. The third kappa shape index (κ3) is 18.0. The van der Waals surface area contributed by atoms with Crippen LogP contribution in [-0.2, 0) is 9.53 Å². The van der Waals surface area contributed by atoms with E-state index < -0.39 is 6.23 Å². The molecule has 4 nitrogen and oxygen atoms in total. The van der Waals surface area contributed by atoms with Crippen molar-refractivity contribution in [3.63, 3.8) is 0 Å². The van der Waals surface area contributed by atoms with E-state index in [1.165, 1.54) is 57.8 Å². The number of aliphatic hydroxyl groups excluding tert-OH is 1. The van der Waals surface area contributed by atoms with Crippen LogP contribution >= 0.6 is 0 Å². The number of carbonyl (C=O) groups excluding carboxylic acids is 1. The third-order valence-electron chi connectivity index (χ3n) is 4.74. The zero-order valence-electron chi connectivity index (χ0n) is 16.8. The number of esters is 1. The van der Waals surface area contributed by atoms with E-state index in [0.717, 1.165) is 32.1 Å². The van der Waals surface area contributed by atoms with Crippen molar-refractivity contribution in [2.45, 2.75) is 129 Å². The molecule has 0 rings (SSSR count). The predicted octanol–water partition coefficient (Wildman–Crippen LogP) is 5.46. The topological polar surface area (TPSA) is 72.5 Å². The molecule has 0 saturated heterocycles. The van der Waals surface area contributed by atoms with Crippen LogP contribution in [0.4, 0.5) is 0 Å². The van der Waals surface area contributed by atoms with Gasteiger partial charge in [0.05, 0.1) is 6.10 Å². The number of rotatable bonds is 18. The molecular formula is C21H43NO3. The first-order valence-corrected chi connectivity index (χ1v) is 10.7. The van der Waals surface area contributed by atoms with Crippen molar-refractivity contribution in [1.29, 1.82) is 0 Å². The molecule has 0 aromatic heterocycles. The summed E-state index contributed by atoms with van der Waals surface area (Å²) in [7, 11) is 0. The second-order valence-corrected chi connectivity index (χ2v) is 7.31. The molecule has 0 radical (unpaired) electrons. The normalized spacial score (nSPS) is 13.6. The first-order valence-electron chi connectivity index (χ1n) is 10.7. The molecule has 150 valence electrons. The van der Waals surface area contributed by atoms with E-state index >= 15 is 0 Å². The van der Waals surface area contributed by atoms with Crippen LogP contribution < -0.4 is 5.73 Å². The summed E-state index contributed by atoms with van der Waals surface area (Å²) in [6.07, 6.45) is 16.9. The van der Waals surface area contributed by atoms with Crippen LogP contribution in [0.2, 0.25) is 0 Å². The lowest BCUT2D eigenvalue weighted by atomic mass is 10.0. The van der Waals surface area contributed by atoms with Gasteiger partial charge in [-0.3, -0.25) is 10.5 Å². The Morgan fingerprint density at radius 1 is 0.840 bits per heavy atom. The molecule has 2 atom stereocenters. The second-order valence-electron chi connectivity index (χ2n) is 7.31. The minimum atomic E-state index is -0.442. The number of hydrogen-bond acceptors (Lipinski definition) is 4. The number of unbranched alkanes of at least 4 members (excludes halogenated alkanes) is 10. The van der Waals surface area contributed by atoms with Crippen molar-refractivity contribution in [3.8, 4) is 0 Å². The van der Waals surface area contributed by atoms with Crippen molar-refractivity contribution >= 4 is 5.97 Å². The van der Waals surface area contributed by atoms with Crippen molar-refractivity contribution in [3.05, 3.63) is 0 Å². The maximum atomic E-state index is 11.5. The van der Waals surface area contributed by atoms with Crippen molar-refractivity contribution < 1.29 is 14.6 Å². The highest BCUT2D eigenvalue weighted by molar-refractivity contribution is 5.69. The Balaban J connectivity index is 3.24. The van der Waals surface area contributed by atoms with Gasteiger partial charge in [0.2, 0.25) is 0 Å². The highest BCUT2D eigenvalue weighted by atomic mass is 16.6. The number of nitrogens with two attached hydrogens (primary N) is 1. The zero-order chi connectivity index (χ0) is 18.8. The van der Waals surface area contributed by atoms with Gasteiger partial charge in [-0.15, -0.1) is 0 Å². The van der Waals surface area contributed by atoms with Gasteiger partial charge in [-0.2, -0.15) is 0 Å². The van der Waals surface area contributed by atoms with Gasteiger partial charge in [-0.25, -0.2) is 0 Å². The molecule has 0 aliphatic heterocycles. The van der Waals surface area contributed by atoms with E-state index in [1.54, 1.807) is 0 Å². The average Bonchev–Trinajstić information content (AvgIpc) is 2.60. The van der Waals surface area contributed by atoms with E-state index in [4.69, 9.17) is 10.5 Å². The molecule has 4 heteroatoms. The maximum absolute atomic E-state index is 11.5. The van der Waals surface area contributed by atoms with Crippen LogP contribution in [0, 0.1) is 0 Å². The fraction of sp³-hybridized carbons (Fsp3) is 0.952. The Morgan fingerprint density at radius 2 is 1.32 bits per heavy atom. The zero-order valence-corrected chi connectivity index (χ0v) is 16.8. The summed E-state index contributed by atoms with van der Waals surface area (Å²) >= 11 is 0. The third-order valence-corrected chi connectivity index (χ3v) is 4.74. The van der Waals surface area contributed by atoms with Crippen LogP contribution in [-0.4, -0.2) is 23.4 Å². The predicted molar refractivity (Wildman–Crippen MR) is 105 cm³/mol. The second kappa shape index (κ2) is 18.2. The first kappa shape index (κ1) is 24.4. The van der Waals surface area contributed by atoms with Gasteiger partial charge in [-0.05, 0) is 25.7 Å². The largest absolute Gasteiger partial charge is 0.447 e. The molecule has 0 amide bonds. The highest BCUT2D eigenvalue weighted by Gasteiger charge is 2.07. The van der Waals surface area contributed by atoms with E-state index in [0.29, 0.717) is 12.8 Å². The Bertz CT molecular complexity index is 297. The number of carbonyl (C=O) groups is 1. The van der Waals surface area contributed by atoms with E-state index in [1.807, 2.05) is 6.92 Å². The highest BCUT2D eigenvalue weighted by Crippen LogP contribution is 2.14. The molecule has 25 heavy (non-hydrogen) atoms. The molecule has 3 N–H and O–H groups in total. The van der Waals surface area contributed by atoms with Crippen molar-refractivity contribution in [2.24, 2.45) is 5.73 Å². The average molecular weight is 358 g/mol. The minimum absolute atomic E-state index is 0.0857. The van der Waals surface area contributed by atoms with E-state index in [9.17, 15) is 9.90 Å². The number of ether oxygens (including phenoxy) is 1. The minimum Gasteiger partial charge on any atom is -0.447 e. The number of hydrogen-bond donors (Lipinski definition) is 2. The Hall–Kier alpha value is -0.610. The van der Waals surface area contributed by atoms with Crippen LogP contribution in [0.5, 0.6) is 0 Å². The molecule has 0 aromatic carbocycles. The molecule has 2 unspecified atom stereocenters. The fourth-order valence-corrected chi connectivity index (χ4v) is 2.97. The van der Waals surface area contributed by atoms with E-state index in [2.05, 4.69) is 6.92 Å². The quantitative estimate of drug-likeness (QED) is 0.194. The van der Waals surface area contributed by atoms with Gasteiger partial charge in [0.15, 0.2) is 6.23 Å². The van der Waals surface area contributed by atoms with Crippen LogP contribution in [0.25, 0.3) is 0 Å². The van der Waals surface area contributed by atoms with Gasteiger partial charge in [0.25, 0.3) is 0 Å². The maximum Gasteiger partial charge on any atom is 0.307 e. The molecule has 0 heterocycles. The molecule has 0 aliphatic carbocycles. The van der Waals surface area contributed by atoms with Crippen LogP contribution in [0.3, 0.4) is 0 Å². The summed E-state index contributed by atoms with van der Waals surface area (Å²) in [5.74, 6) is -0.164. The van der Waals surface area contributed by atoms with Gasteiger partial charge in [-0.1, -0.05) is 84.5 Å². The standard InChI is InChI=1S/C21H43NO3/c1-3-5-6-13-16-19(23)17-14-11-9-7-8-10-12-15-18-21(24)25-20(22)4-2/h19-20,23H,3-18,22H2,1-2H3. The van der Waals surface area contributed by atoms with E-state index in [-0.39, 0.29) is 12.1 Å². The summed E-state index contributed by atoms with van der Waals surface area (Å²) < 4.78 is 5.05. The summed E-state index contributed by atoms with van der Waals surface area (Å²) in [4.78, 5) is 11.5. The lowest BCUT2D eigenvalue weighted by Gasteiger charge is -2.10. The summed E-state index contributed by atoms with van der Waals surface area (Å²) in [5.41, 5.74) is 5.58. The fourth-order valence-electron chi connectivity index (χ4n) is 2.97. The molecule has 0 aromatic rings.